The molecule has 0 spiro atoms. The second-order valence-electron chi connectivity index (χ2n) is 6.01. The van der Waals surface area contributed by atoms with Gasteiger partial charge in [-0.05, 0) is 43.0 Å². The molecule has 0 aliphatic carbocycles. The molecule has 1 saturated heterocycles. The number of pyridine rings is 1. The zero-order valence-corrected chi connectivity index (χ0v) is 14.6. The maximum atomic E-state index is 12.5. The molecule has 3 rings (SSSR count). The number of carboxylic acid groups (broad SMARTS) is 1. The quantitative estimate of drug-likeness (QED) is 0.726. The summed E-state index contributed by atoms with van der Waals surface area (Å²) in [6, 6.07) is 12.4. The first-order chi connectivity index (χ1) is 13.1. The van der Waals surface area contributed by atoms with Gasteiger partial charge < -0.3 is 15.2 Å². The summed E-state index contributed by atoms with van der Waals surface area (Å²) in [7, 11) is 0. The third kappa shape index (κ3) is 5.30. The van der Waals surface area contributed by atoms with Crippen LogP contribution in [0.1, 0.15) is 24.1 Å². The van der Waals surface area contributed by atoms with E-state index >= 15 is 0 Å². The highest BCUT2D eigenvalue weighted by Gasteiger charge is 2.22. The molecule has 3 N–H and O–H groups in total. The number of amides is 2. The molecule has 1 aliphatic heterocycles. The van der Waals surface area contributed by atoms with Crippen molar-refractivity contribution < 1.29 is 19.4 Å². The van der Waals surface area contributed by atoms with Gasteiger partial charge in [0.05, 0.1) is 5.69 Å². The van der Waals surface area contributed by atoms with Crippen LogP contribution < -0.4 is 10.6 Å². The molecular weight excluding hydrogens is 346 g/mol. The van der Waals surface area contributed by atoms with E-state index in [9.17, 15) is 9.59 Å². The number of aromatic nitrogens is 1. The number of hydrogen-bond donors (Lipinski definition) is 3. The Kier molecular flexibility index (Phi) is 6.02. The number of anilines is 2. The smallest absolute Gasteiger partial charge is 0.410 e. The Bertz CT molecular complexity index is 881. The summed E-state index contributed by atoms with van der Waals surface area (Å²) in [5, 5.41) is 13.9. The van der Waals surface area contributed by atoms with Crippen LogP contribution in [0.4, 0.5) is 16.3 Å². The lowest BCUT2D eigenvalue weighted by atomic mass is 9.99. The first-order valence-electron chi connectivity index (χ1n) is 8.58. The fourth-order valence-electron chi connectivity index (χ4n) is 2.68. The molecule has 1 aromatic carbocycles. The Balaban J connectivity index is 1.86. The third-order valence-electron chi connectivity index (χ3n) is 4.08. The van der Waals surface area contributed by atoms with Gasteiger partial charge in [-0.2, -0.15) is 0 Å². The molecule has 2 aromatic rings. The Hall–Kier alpha value is -3.37. The summed E-state index contributed by atoms with van der Waals surface area (Å²) >= 11 is 0. The minimum absolute atomic E-state index is 0.109. The van der Waals surface area contributed by atoms with Gasteiger partial charge in [0.1, 0.15) is 11.5 Å². The summed E-state index contributed by atoms with van der Waals surface area (Å²) < 4.78 is 5.29. The van der Waals surface area contributed by atoms with E-state index in [-0.39, 0.29) is 17.6 Å². The number of carbonyl (C=O) groups is 2. The van der Waals surface area contributed by atoms with E-state index in [0.29, 0.717) is 37.4 Å². The summed E-state index contributed by atoms with van der Waals surface area (Å²) in [4.78, 5) is 27.6. The molecule has 1 fully saturated rings. The molecule has 7 heteroatoms. The van der Waals surface area contributed by atoms with E-state index < -0.39 is 6.09 Å². The van der Waals surface area contributed by atoms with Crippen molar-refractivity contribution in [2.24, 2.45) is 5.92 Å². The van der Waals surface area contributed by atoms with Crippen LogP contribution in [0.3, 0.4) is 0 Å². The SMILES string of the molecule is O=C(O)Nc1ccc(NC(=O)C2CCOCC2)c(C#Cc2ccccc2)n1. The second-order valence-corrected chi connectivity index (χ2v) is 6.01. The summed E-state index contributed by atoms with van der Waals surface area (Å²) in [5.41, 5.74) is 1.54. The number of hydrogen-bond acceptors (Lipinski definition) is 4. The predicted octanol–water partition coefficient (Wildman–Crippen LogP) is 2.94. The van der Waals surface area contributed by atoms with Crippen LogP contribution in [-0.2, 0) is 9.53 Å². The lowest BCUT2D eigenvalue weighted by Gasteiger charge is -2.21. The Labute approximate surface area is 156 Å². The van der Waals surface area contributed by atoms with Gasteiger partial charge in [0.15, 0.2) is 0 Å². The zero-order chi connectivity index (χ0) is 19.1. The van der Waals surface area contributed by atoms with Gasteiger partial charge in [-0.15, -0.1) is 0 Å². The van der Waals surface area contributed by atoms with Crippen molar-refractivity contribution >= 4 is 23.5 Å². The normalized spacial score (nSPS) is 13.9. The van der Waals surface area contributed by atoms with Gasteiger partial charge in [0, 0.05) is 24.7 Å². The molecule has 0 unspecified atom stereocenters. The van der Waals surface area contributed by atoms with Crippen molar-refractivity contribution in [3.8, 4) is 11.8 Å². The highest BCUT2D eigenvalue weighted by molar-refractivity contribution is 5.94. The van der Waals surface area contributed by atoms with E-state index in [1.165, 1.54) is 6.07 Å². The average molecular weight is 365 g/mol. The van der Waals surface area contributed by atoms with Gasteiger partial charge >= 0.3 is 6.09 Å². The molecule has 0 saturated carbocycles. The van der Waals surface area contributed by atoms with Gasteiger partial charge in [-0.25, -0.2) is 9.78 Å². The lowest BCUT2D eigenvalue weighted by Crippen LogP contribution is -2.29. The van der Waals surface area contributed by atoms with Crippen molar-refractivity contribution in [3.63, 3.8) is 0 Å². The third-order valence-corrected chi connectivity index (χ3v) is 4.08. The Morgan fingerprint density at radius 3 is 2.48 bits per heavy atom. The minimum Gasteiger partial charge on any atom is -0.465 e. The highest BCUT2D eigenvalue weighted by Crippen LogP contribution is 2.21. The molecule has 1 aliphatic rings. The Morgan fingerprint density at radius 2 is 1.78 bits per heavy atom. The van der Waals surface area contributed by atoms with E-state index in [1.54, 1.807) is 6.07 Å². The standard InChI is InChI=1S/C20H19N3O4/c24-19(15-10-12-27-13-11-15)22-17-8-9-18(23-20(25)26)21-16(17)7-6-14-4-2-1-3-5-14/h1-5,8-9,15H,10-13H2,(H,21,23)(H,22,24)(H,25,26). The van der Waals surface area contributed by atoms with Crippen molar-refractivity contribution in [1.82, 2.24) is 4.98 Å². The van der Waals surface area contributed by atoms with Crippen LogP contribution in [-0.4, -0.2) is 35.3 Å². The fraction of sp³-hybridized carbons (Fsp3) is 0.250. The molecule has 2 amide bonds. The number of carbonyl (C=O) groups excluding carboxylic acids is 1. The first kappa shape index (κ1) is 18.4. The summed E-state index contributed by atoms with van der Waals surface area (Å²) in [5.74, 6) is 5.81. The molecule has 0 bridgehead atoms. The van der Waals surface area contributed by atoms with Crippen LogP contribution in [0.25, 0.3) is 0 Å². The van der Waals surface area contributed by atoms with E-state index in [2.05, 4.69) is 27.5 Å². The van der Waals surface area contributed by atoms with E-state index in [4.69, 9.17) is 9.84 Å². The van der Waals surface area contributed by atoms with Gasteiger partial charge in [0.25, 0.3) is 0 Å². The number of nitrogens with zero attached hydrogens (tertiary/aromatic N) is 1. The zero-order valence-electron chi connectivity index (χ0n) is 14.6. The molecular formula is C20H19N3O4. The molecule has 2 heterocycles. The van der Waals surface area contributed by atoms with Crippen LogP contribution in [0, 0.1) is 17.8 Å². The monoisotopic (exact) mass is 365 g/mol. The van der Waals surface area contributed by atoms with Crippen LogP contribution in [0.5, 0.6) is 0 Å². The van der Waals surface area contributed by atoms with Crippen molar-refractivity contribution in [1.29, 1.82) is 0 Å². The van der Waals surface area contributed by atoms with Crippen LogP contribution in [0.15, 0.2) is 42.5 Å². The minimum atomic E-state index is -1.22. The van der Waals surface area contributed by atoms with E-state index in [1.807, 2.05) is 30.3 Å². The van der Waals surface area contributed by atoms with Crippen molar-refractivity contribution in [3.05, 3.63) is 53.7 Å². The lowest BCUT2D eigenvalue weighted by molar-refractivity contribution is -0.122. The van der Waals surface area contributed by atoms with Gasteiger partial charge in [-0.1, -0.05) is 24.1 Å². The van der Waals surface area contributed by atoms with Crippen LogP contribution >= 0.6 is 0 Å². The first-order valence-corrected chi connectivity index (χ1v) is 8.58. The second kappa shape index (κ2) is 8.83. The highest BCUT2D eigenvalue weighted by atomic mass is 16.5. The molecule has 7 nitrogen and oxygen atoms in total. The molecule has 1 aromatic heterocycles. The van der Waals surface area contributed by atoms with E-state index in [0.717, 1.165) is 5.56 Å². The van der Waals surface area contributed by atoms with Crippen molar-refractivity contribution in [2.45, 2.75) is 12.8 Å². The molecule has 0 atom stereocenters. The summed E-state index contributed by atoms with van der Waals surface area (Å²) in [6.07, 6.45) is 0.120. The number of rotatable bonds is 3. The topological polar surface area (TPSA) is 101 Å². The van der Waals surface area contributed by atoms with Gasteiger partial charge in [-0.3, -0.25) is 10.1 Å². The number of benzene rings is 1. The fourth-order valence-corrected chi connectivity index (χ4v) is 2.68. The molecule has 27 heavy (non-hydrogen) atoms. The van der Waals surface area contributed by atoms with Crippen LogP contribution in [0.2, 0.25) is 0 Å². The van der Waals surface area contributed by atoms with Crippen molar-refractivity contribution in [2.75, 3.05) is 23.8 Å². The predicted molar refractivity (Wildman–Crippen MR) is 100 cm³/mol. The maximum Gasteiger partial charge on any atom is 0.410 e. The molecule has 0 radical (unpaired) electrons. The molecule has 138 valence electrons. The maximum absolute atomic E-state index is 12.5. The Morgan fingerprint density at radius 1 is 1.04 bits per heavy atom. The summed E-state index contributed by atoms with van der Waals surface area (Å²) in [6.45, 7) is 1.14. The largest absolute Gasteiger partial charge is 0.465 e. The van der Waals surface area contributed by atoms with Gasteiger partial charge in [0.2, 0.25) is 5.91 Å². The number of ether oxygens (including phenoxy) is 1. The average Bonchev–Trinajstić information content (AvgIpc) is 2.69. The number of nitrogens with one attached hydrogen (secondary N) is 2.